The summed E-state index contributed by atoms with van der Waals surface area (Å²) in [4.78, 5) is 0. The van der Waals surface area contributed by atoms with Gasteiger partial charge in [0.2, 0.25) is 0 Å². The van der Waals surface area contributed by atoms with E-state index < -0.39 is 6.10 Å². The molecule has 0 spiro atoms. The smallest absolute Gasteiger partial charge is 0.0819 e. The molecule has 0 aromatic carbocycles. The van der Waals surface area contributed by atoms with E-state index in [0.717, 1.165) is 18.6 Å². The van der Waals surface area contributed by atoms with Gasteiger partial charge in [0.05, 0.1) is 19.3 Å². The molecule has 0 bridgehead atoms. The van der Waals surface area contributed by atoms with E-state index in [1.807, 2.05) is 13.0 Å². The first-order chi connectivity index (χ1) is 5.75. The van der Waals surface area contributed by atoms with Crippen molar-refractivity contribution in [1.29, 1.82) is 0 Å². The molecule has 0 aromatic rings. The summed E-state index contributed by atoms with van der Waals surface area (Å²) in [5.74, 6) is -0.0991. The highest BCUT2D eigenvalue weighted by atomic mass is 16.5. The van der Waals surface area contributed by atoms with E-state index in [4.69, 9.17) is 9.84 Å². The molecule has 1 rings (SSSR count). The van der Waals surface area contributed by atoms with Crippen LogP contribution in [-0.2, 0) is 4.74 Å². The molecule has 0 fully saturated rings. The van der Waals surface area contributed by atoms with E-state index in [0.29, 0.717) is 6.61 Å². The Morgan fingerprint density at radius 1 is 1.67 bits per heavy atom. The third-order valence-corrected chi connectivity index (χ3v) is 2.14. The van der Waals surface area contributed by atoms with Gasteiger partial charge in [-0.05, 0) is 12.0 Å². The lowest BCUT2D eigenvalue weighted by Gasteiger charge is -2.22. The third kappa shape index (κ3) is 2.30. The van der Waals surface area contributed by atoms with Crippen LogP contribution < -0.4 is 0 Å². The lowest BCUT2D eigenvalue weighted by Crippen LogP contribution is -2.27. The van der Waals surface area contributed by atoms with Crippen LogP contribution in [0.5, 0.6) is 0 Å². The number of aliphatic hydroxyl groups is 2. The molecule has 0 radical (unpaired) electrons. The molecular weight excluding hydrogens is 156 g/mol. The van der Waals surface area contributed by atoms with Crippen LogP contribution in [0.15, 0.2) is 11.6 Å². The van der Waals surface area contributed by atoms with E-state index in [9.17, 15) is 5.11 Å². The molecule has 1 aliphatic rings. The molecule has 0 aliphatic carbocycles. The highest BCUT2D eigenvalue weighted by Gasteiger charge is 2.19. The zero-order chi connectivity index (χ0) is 8.97. The minimum Gasteiger partial charge on any atom is -0.396 e. The Kier molecular flexibility index (Phi) is 3.72. The maximum Gasteiger partial charge on any atom is 0.0819 e. The summed E-state index contributed by atoms with van der Waals surface area (Å²) < 4.78 is 5.19. The maximum absolute atomic E-state index is 9.63. The SMILES string of the molecule is CC(CO)C(O)C1=CCCOC1. The summed E-state index contributed by atoms with van der Waals surface area (Å²) >= 11 is 0. The molecule has 3 heteroatoms. The quantitative estimate of drug-likeness (QED) is 0.603. The normalized spacial score (nSPS) is 23.1. The summed E-state index contributed by atoms with van der Waals surface area (Å²) in [5, 5.41) is 18.4. The number of hydrogen-bond donors (Lipinski definition) is 2. The minimum atomic E-state index is -0.546. The van der Waals surface area contributed by atoms with Crippen molar-refractivity contribution < 1.29 is 14.9 Å². The predicted octanol–water partition coefficient (Wildman–Crippen LogP) is 0.322. The molecule has 2 atom stereocenters. The summed E-state index contributed by atoms with van der Waals surface area (Å²) in [7, 11) is 0. The van der Waals surface area contributed by atoms with Gasteiger partial charge in [0.15, 0.2) is 0 Å². The van der Waals surface area contributed by atoms with Crippen LogP contribution in [-0.4, -0.2) is 36.1 Å². The number of ether oxygens (including phenoxy) is 1. The monoisotopic (exact) mass is 172 g/mol. The van der Waals surface area contributed by atoms with Gasteiger partial charge in [0.1, 0.15) is 0 Å². The first kappa shape index (κ1) is 9.71. The fourth-order valence-electron chi connectivity index (χ4n) is 1.25. The highest BCUT2D eigenvalue weighted by molar-refractivity contribution is 5.11. The Morgan fingerprint density at radius 3 is 2.92 bits per heavy atom. The van der Waals surface area contributed by atoms with Gasteiger partial charge in [-0.25, -0.2) is 0 Å². The molecule has 2 unspecified atom stereocenters. The number of hydrogen-bond acceptors (Lipinski definition) is 3. The van der Waals surface area contributed by atoms with Gasteiger partial charge in [-0.1, -0.05) is 13.0 Å². The second kappa shape index (κ2) is 4.60. The van der Waals surface area contributed by atoms with Crippen LogP contribution in [0.4, 0.5) is 0 Å². The van der Waals surface area contributed by atoms with Crippen molar-refractivity contribution in [3.8, 4) is 0 Å². The Labute approximate surface area is 72.7 Å². The second-order valence-corrected chi connectivity index (χ2v) is 3.22. The lowest BCUT2D eigenvalue weighted by molar-refractivity contribution is 0.0726. The molecule has 0 aromatic heterocycles. The fourth-order valence-corrected chi connectivity index (χ4v) is 1.25. The van der Waals surface area contributed by atoms with Gasteiger partial charge >= 0.3 is 0 Å². The van der Waals surface area contributed by atoms with Crippen LogP contribution in [0.2, 0.25) is 0 Å². The van der Waals surface area contributed by atoms with Gasteiger partial charge < -0.3 is 14.9 Å². The fraction of sp³-hybridized carbons (Fsp3) is 0.778. The summed E-state index contributed by atoms with van der Waals surface area (Å²) in [6, 6.07) is 0. The summed E-state index contributed by atoms with van der Waals surface area (Å²) in [6.45, 7) is 3.08. The molecule has 12 heavy (non-hydrogen) atoms. The topological polar surface area (TPSA) is 49.7 Å². The molecule has 3 nitrogen and oxygen atoms in total. The van der Waals surface area contributed by atoms with Crippen molar-refractivity contribution >= 4 is 0 Å². The van der Waals surface area contributed by atoms with E-state index in [-0.39, 0.29) is 12.5 Å². The Hall–Kier alpha value is -0.380. The Morgan fingerprint density at radius 2 is 2.42 bits per heavy atom. The van der Waals surface area contributed by atoms with Gasteiger partial charge in [-0.15, -0.1) is 0 Å². The van der Waals surface area contributed by atoms with Gasteiger partial charge in [-0.2, -0.15) is 0 Å². The Bertz CT molecular complexity index is 165. The molecule has 2 N–H and O–H groups in total. The third-order valence-electron chi connectivity index (χ3n) is 2.14. The summed E-state index contributed by atoms with van der Waals surface area (Å²) in [6.07, 6.45) is 2.32. The second-order valence-electron chi connectivity index (χ2n) is 3.22. The zero-order valence-corrected chi connectivity index (χ0v) is 7.36. The van der Waals surface area contributed by atoms with Gasteiger partial charge in [-0.3, -0.25) is 0 Å². The first-order valence-corrected chi connectivity index (χ1v) is 4.31. The first-order valence-electron chi connectivity index (χ1n) is 4.31. The zero-order valence-electron chi connectivity index (χ0n) is 7.36. The largest absolute Gasteiger partial charge is 0.396 e. The van der Waals surface area contributed by atoms with Crippen molar-refractivity contribution in [3.63, 3.8) is 0 Å². The Balaban J connectivity index is 2.49. The molecule has 0 saturated carbocycles. The molecule has 1 heterocycles. The summed E-state index contributed by atoms with van der Waals surface area (Å²) in [5.41, 5.74) is 0.905. The standard InChI is InChI=1S/C9H16O3/c1-7(5-10)9(11)8-3-2-4-12-6-8/h3,7,9-11H,2,4-6H2,1H3. The maximum atomic E-state index is 9.63. The van der Waals surface area contributed by atoms with Crippen molar-refractivity contribution in [3.05, 3.63) is 11.6 Å². The van der Waals surface area contributed by atoms with Crippen molar-refractivity contribution in [2.45, 2.75) is 19.4 Å². The number of aliphatic hydroxyl groups excluding tert-OH is 2. The molecule has 0 saturated heterocycles. The van der Waals surface area contributed by atoms with Crippen molar-refractivity contribution in [2.24, 2.45) is 5.92 Å². The highest BCUT2D eigenvalue weighted by Crippen LogP contribution is 2.16. The lowest BCUT2D eigenvalue weighted by atomic mass is 9.97. The van der Waals surface area contributed by atoms with E-state index >= 15 is 0 Å². The van der Waals surface area contributed by atoms with Crippen LogP contribution in [0.1, 0.15) is 13.3 Å². The minimum absolute atomic E-state index is 0.0124. The van der Waals surface area contributed by atoms with Crippen LogP contribution in [0.25, 0.3) is 0 Å². The predicted molar refractivity (Wildman–Crippen MR) is 45.8 cm³/mol. The van der Waals surface area contributed by atoms with Crippen LogP contribution in [0.3, 0.4) is 0 Å². The van der Waals surface area contributed by atoms with Crippen molar-refractivity contribution in [1.82, 2.24) is 0 Å². The molecule has 0 amide bonds. The van der Waals surface area contributed by atoms with Gasteiger partial charge in [0.25, 0.3) is 0 Å². The average molecular weight is 172 g/mol. The van der Waals surface area contributed by atoms with Gasteiger partial charge in [0, 0.05) is 12.5 Å². The van der Waals surface area contributed by atoms with Crippen LogP contribution >= 0.6 is 0 Å². The molecular formula is C9H16O3. The molecule has 1 aliphatic heterocycles. The average Bonchev–Trinajstić information content (AvgIpc) is 2.17. The van der Waals surface area contributed by atoms with E-state index in [1.165, 1.54) is 0 Å². The van der Waals surface area contributed by atoms with Crippen LogP contribution in [0, 0.1) is 5.92 Å². The van der Waals surface area contributed by atoms with E-state index in [1.54, 1.807) is 0 Å². The van der Waals surface area contributed by atoms with E-state index in [2.05, 4.69) is 0 Å². The number of rotatable bonds is 3. The van der Waals surface area contributed by atoms with Crippen molar-refractivity contribution in [2.75, 3.05) is 19.8 Å². The molecule has 70 valence electrons.